The highest BCUT2D eigenvalue weighted by atomic mass is 16.3. The van der Waals surface area contributed by atoms with E-state index < -0.39 is 0 Å². The van der Waals surface area contributed by atoms with Crippen LogP contribution >= 0.6 is 0 Å². The van der Waals surface area contributed by atoms with Crippen molar-refractivity contribution in [3.63, 3.8) is 0 Å². The lowest BCUT2D eigenvalue weighted by molar-refractivity contribution is -0.115. The van der Waals surface area contributed by atoms with E-state index in [-0.39, 0.29) is 12.3 Å². The lowest BCUT2D eigenvalue weighted by Crippen LogP contribution is -2.09. The van der Waals surface area contributed by atoms with Crippen LogP contribution in [0.1, 0.15) is 6.42 Å². The lowest BCUT2D eigenvalue weighted by Gasteiger charge is -2.00. The molecule has 1 aromatic heterocycles. The van der Waals surface area contributed by atoms with Crippen LogP contribution in [0.15, 0.2) is 29.0 Å². The predicted octanol–water partition coefficient (Wildman–Crippen LogP) is 1.68. The van der Waals surface area contributed by atoms with E-state index in [4.69, 9.17) is 9.68 Å². The number of anilines is 1. The van der Waals surface area contributed by atoms with Gasteiger partial charge in [0.1, 0.15) is 11.9 Å². The first-order valence-electron chi connectivity index (χ1n) is 4.29. The Kier molecular flexibility index (Phi) is 2.33. The van der Waals surface area contributed by atoms with Gasteiger partial charge < -0.3 is 9.73 Å². The summed E-state index contributed by atoms with van der Waals surface area (Å²) in [6.45, 7) is 0. The molecule has 0 spiro atoms. The summed E-state index contributed by atoms with van der Waals surface area (Å²) in [5.41, 5.74) is 1.93. The fourth-order valence-electron chi connectivity index (χ4n) is 1.21. The molecule has 5 nitrogen and oxygen atoms in total. The molecule has 0 unspecified atom stereocenters. The predicted molar refractivity (Wildman–Crippen MR) is 52.9 cm³/mol. The van der Waals surface area contributed by atoms with E-state index >= 15 is 0 Å². The van der Waals surface area contributed by atoms with Crippen LogP contribution in [0.5, 0.6) is 0 Å². The van der Waals surface area contributed by atoms with Gasteiger partial charge in [0.15, 0.2) is 12.0 Å². The van der Waals surface area contributed by atoms with Gasteiger partial charge >= 0.3 is 0 Å². The zero-order valence-corrected chi connectivity index (χ0v) is 7.73. The fourth-order valence-corrected chi connectivity index (χ4v) is 1.21. The van der Waals surface area contributed by atoms with Crippen LogP contribution in [0.3, 0.4) is 0 Å². The van der Waals surface area contributed by atoms with Crippen molar-refractivity contribution >= 4 is 22.7 Å². The number of oxazole rings is 1. The van der Waals surface area contributed by atoms with Crippen molar-refractivity contribution < 1.29 is 9.21 Å². The monoisotopic (exact) mass is 201 g/mol. The molecule has 5 heteroatoms. The van der Waals surface area contributed by atoms with Crippen LogP contribution in [0, 0.1) is 11.3 Å². The largest absolute Gasteiger partial charge is 0.443 e. The zero-order valence-electron chi connectivity index (χ0n) is 7.73. The van der Waals surface area contributed by atoms with E-state index in [1.165, 1.54) is 6.39 Å². The van der Waals surface area contributed by atoms with E-state index in [0.717, 1.165) is 5.52 Å². The molecule has 2 rings (SSSR count). The standard InChI is InChI=1S/C10H7N3O2/c11-4-3-10(14)13-7-1-2-8-9(5-7)15-6-12-8/h1-2,5-6H,3H2,(H,13,14). The van der Waals surface area contributed by atoms with Gasteiger partial charge in [0, 0.05) is 11.8 Å². The van der Waals surface area contributed by atoms with Crippen molar-refractivity contribution in [1.29, 1.82) is 5.26 Å². The average molecular weight is 201 g/mol. The van der Waals surface area contributed by atoms with Gasteiger partial charge in [-0.2, -0.15) is 5.26 Å². The first-order chi connectivity index (χ1) is 7.29. The molecule has 2 aromatic rings. The molecule has 0 atom stereocenters. The molecule has 0 saturated carbocycles. The van der Waals surface area contributed by atoms with Gasteiger partial charge in [-0.3, -0.25) is 4.79 Å². The summed E-state index contributed by atoms with van der Waals surface area (Å²) in [7, 11) is 0. The number of nitrogens with zero attached hydrogens (tertiary/aromatic N) is 2. The maximum Gasteiger partial charge on any atom is 0.238 e. The van der Waals surface area contributed by atoms with Crippen LogP contribution in [-0.4, -0.2) is 10.9 Å². The van der Waals surface area contributed by atoms with E-state index in [2.05, 4.69) is 10.3 Å². The Morgan fingerprint density at radius 2 is 2.47 bits per heavy atom. The Bertz CT molecular complexity index is 539. The summed E-state index contributed by atoms with van der Waals surface area (Å²) < 4.78 is 5.07. The minimum Gasteiger partial charge on any atom is -0.443 e. The number of carbonyl (C=O) groups is 1. The molecule has 0 saturated heterocycles. The van der Waals surface area contributed by atoms with Gasteiger partial charge in [0.25, 0.3) is 0 Å². The number of amides is 1. The highest BCUT2D eigenvalue weighted by Crippen LogP contribution is 2.17. The smallest absolute Gasteiger partial charge is 0.238 e. The molecule has 74 valence electrons. The Labute approximate surface area is 85.3 Å². The van der Waals surface area contributed by atoms with E-state index in [0.29, 0.717) is 11.3 Å². The van der Waals surface area contributed by atoms with Crippen molar-refractivity contribution in [3.05, 3.63) is 24.6 Å². The summed E-state index contributed by atoms with van der Waals surface area (Å²) in [4.78, 5) is 15.1. The molecule has 0 aliphatic rings. The number of aromatic nitrogens is 1. The van der Waals surface area contributed by atoms with Crippen molar-refractivity contribution in [2.24, 2.45) is 0 Å². The van der Waals surface area contributed by atoms with Crippen molar-refractivity contribution in [2.45, 2.75) is 6.42 Å². The highest BCUT2D eigenvalue weighted by molar-refractivity contribution is 5.93. The summed E-state index contributed by atoms with van der Waals surface area (Å²) in [5, 5.41) is 10.9. The van der Waals surface area contributed by atoms with Crippen LogP contribution in [0.25, 0.3) is 11.1 Å². The fraction of sp³-hybridized carbons (Fsp3) is 0.100. The average Bonchev–Trinajstić information content (AvgIpc) is 2.65. The van der Waals surface area contributed by atoms with Crippen molar-refractivity contribution in [2.75, 3.05) is 5.32 Å². The number of nitrogens with one attached hydrogen (secondary N) is 1. The topological polar surface area (TPSA) is 78.9 Å². The van der Waals surface area contributed by atoms with Gasteiger partial charge in [-0.15, -0.1) is 0 Å². The third kappa shape index (κ3) is 1.94. The SMILES string of the molecule is N#CCC(=O)Nc1ccc2ncoc2c1. The van der Waals surface area contributed by atoms with Crippen LogP contribution in [0.2, 0.25) is 0 Å². The van der Waals surface area contributed by atoms with Crippen molar-refractivity contribution in [3.8, 4) is 6.07 Å². The molecule has 0 bridgehead atoms. The maximum atomic E-state index is 11.1. The zero-order chi connectivity index (χ0) is 10.7. The third-order valence-corrected chi connectivity index (χ3v) is 1.85. The molecule has 0 radical (unpaired) electrons. The van der Waals surface area contributed by atoms with Gasteiger partial charge in [0.2, 0.25) is 5.91 Å². The molecule has 1 amide bonds. The maximum absolute atomic E-state index is 11.1. The van der Waals surface area contributed by atoms with Gasteiger partial charge in [-0.05, 0) is 12.1 Å². The van der Waals surface area contributed by atoms with Crippen LogP contribution < -0.4 is 5.32 Å². The van der Waals surface area contributed by atoms with Gasteiger partial charge in [-0.1, -0.05) is 0 Å². The number of fused-ring (bicyclic) bond motifs is 1. The number of hydrogen-bond donors (Lipinski definition) is 1. The Hall–Kier alpha value is -2.35. The molecule has 1 aromatic carbocycles. The summed E-state index contributed by atoms with van der Waals surface area (Å²) in [5.74, 6) is -0.337. The van der Waals surface area contributed by atoms with E-state index in [9.17, 15) is 4.79 Å². The summed E-state index contributed by atoms with van der Waals surface area (Å²) in [6, 6.07) is 6.88. The summed E-state index contributed by atoms with van der Waals surface area (Å²) >= 11 is 0. The lowest BCUT2D eigenvalue weighted by atomic mass is 10.3. The van der Waals surface area contributed by atoms with Gasteiger partial charge in [-0.25, -0.2) is 4.98 Å². The molecular formula is C10H7N3O2. The van der Waals surface area contributed by atoms with Crippen LogP contribution in [0.4, 0.5) is 5.69 Å². The highest BCUT2D eigenvalue weighted by Gasteiger charge is 2.03. The van der Waals surface area contributed by atoms with Gasteiger partial charge in [0.05, 0.1) is 6.07 Å². The normalized spacial score (nSPS) is 9.80. The summed E-state index contributed by atoms with van der Waals surface area (Å²) in [6.07, 6.45) is 1.18. The quantitative estimate of drug-likeness (QED) is 0.801. The van der Waals surface area contributed by atoms with E-state index in [1.54, 1.807) is 24.3 Å². The number of carbonyl (C=O) groups excluding carboxylic acids is 1. The second kappa shape index (κ2) is 3.80. The minimum absolute atomic E-state index is 0.158. The number of rotatable bonds is 2. The third-order valence-electron chi connectivity index (χ3n) is 1.85. The molecule has 15 heavy (non-hydrogen) atoms. The van der Waals surface area contributed by atoms with E-state index in [1.807, 2.05) is 0 Å². The number of hydrogen-bond acceptors (Lipinski definition) is 4. The van der Waals surface area contributed by atoms with Crippen molar-refractivity contribution in [1.82, 2.24) is 4.98 Å². The molecule has 0 aliphatic heterocycles. The molecule has 1 heterocycles. The van der Waals surface area contributed by atoms with Crippen LogP contribution in [-0.2, 0) is 4.79 Å². The minimum atomic E-state index is -0.337. The Balaban J connectivity index is 2.22. The first-order valence-corrected chi connectivity index (χ1v) is 4.29. The second-order valence-corrected chi connectivity index (χ2v) is 2.92. The molecular weight excluding hydrogens is 194 g/mol. The molecule has 0 fully saturated rings. The molecule has 0 aliphatic carbocycles. The Morgan fingerprint density at radius 3 is 3.27 bits per heavy atom. The first kappa shape index (κ1) is 9.21. The number of nitriles is 1. The number of benzene rings is 1. The molecule has 1 N–H and O–H groups in total. The second-order valence-electron chi connectivity index (χ2n) is 2.92. The Morgan fingerprint density at radius 1 is 1.60 bits per heavy atom.